The molecule has 2 heterocycles. The van der Waals surface area contributed by atoms with Gasteiger partial charge < -0.3 is 10.5 Å². The third-order valence-electron chi connectivity index (χ3n) is 2.95. The predicted molar refractivity (Wildman–Crippen MR) is 70.5 cm³/mol. The van der Waals surface area contributed by atoms with Crippen LogP contribution in [0.4, 0.5) is 0 Å². The molecule has 4 nitrogen and oxygen atoms in total. The van der Waals surface area contributed by atoms with Crippen molar-refractivity contribution in [1.82, 2.24) is 9.88 Å². The first-order chi connectivity index (χ1) is 8.26. The van der Waals surface area contributed by atoms with Gasteiger partial charge in [0.15, 0.2) is 0 Å². The first-order valence-corrected chi connectivity index (χ1v) is 7.12. The second kappa shape index (κ2) is 6.11. The maximum Gasteiger partial charge on any atom is 0.114 e. The summed E-state index contributed by atoms with van der Waals surface area (Å²) in [5, 5.41) is 1.01. The van der Waals surface area contributed by atoms with E-state index in [-0.39, 0.29) is 12.1 Å². The summed E-state index contributed by atoms with van der Waals surface area (Å²) in [4.78, 5) is 6.78. The molecule has 0 bridgehead atoms. The van der Waals surface area contributed by atoms with Crippen LogP contribution in [0.15, 0.2) is 6.20 Å². The number of thiazole rings is 1. The number of ether oxygens (including phenoxy) is 1. The molecule has 1 fully saturated rings. The van der Waals surface area contributed by atoms with Crippen LogP contribution in [0.5, 0.6) is 0 Å². The summed E-state index contributed by atoms with van der Waals surface area (Å²) in [6.45, 7) is 5.42. The Bertz CT molecular complexity index is 358. The zero-order valence-electron chi connectivity index (χ0n) is 9.93. The lowest BCUT2D eigenvalue weighted by atomic mass is 10.1. The Morgan fingerprint density at radius 3 is 3.12 bits per heavy atom. The molecule has 1 aliphatic rings. The lowest BCUT2D eigenvalue weighted by Gasteiger charge is -2.39. The minimum absolute atomic E-state index is 0.0255. The third-order valence-corrected chi connectivity index (χ3v) is 4.13. The monoisotopic (exact) mass is 275 g/mol. The highest BCUT2D eigenvalue weighted by atomic mass is 35.5. The fraction of sp³-hybridized carbons (Fsp3) is 0.727. The number of halogens is 1. The van der Waals surface area contributed by atoms with Gasteiger partial charge >= 0.3 is 0 Å². The standard InChI is InChI=1S/C11H18ClN3OS/c1-2-3-15-4-5-16-8(6-13)10(15)11-14-7-9(12)17-11/h7-8,10H,2-6,13H2,1H3. The molecule has 1 saturated heterocycles. The van der Waals surface area contributed by atoms with E-state index >= 15 is 0 Å². The molecular formula is C11H18ClN3OS. The van der Waals surface area contributed by atoms with Crippen LogP contribution in [0.3, 0.4) is 0 Å². The highest BCUT2D eigenvalue weighted by Crippen LogP contribution is 2.33. The molecule has 96 valence electrons. The SMILES string of the molecule is CCCN1CCOC(CN)C1c1ncc(Cl)s1. The first kappa shape index (κ1) is 13.2. The van der Waals surface area contributed by atoms with Gasteiger partial charge in [0.25, 0.3) is 0 Å². The van der Waals surface area contributed by atoms with E-state index in [0.29, 0.717) is 6.54 Å². The van der Waals surface area contributed by atoms with Gasteiger partial charge in [-0.1, -0.05) is 18.5 Å². The van der Waals surface area contributed by atoms with E-state index in [9.17, 15) is 0 Å². The molecule has 0 radical (unpaired) electrons. The summed E-state index contributed by atoms with van der Waals surface area (Å²) in [6.07, 6.45) is 2.85. The lowest BCUT2D eigenvalue weighted by molar-refractivity contribution is -0.0676. The Morgan fingerprint density at radius 1 is 1.71 bits per heavy atom. The fourth-order valence-corrected chi connectivity index (χ4v) is 3.36. The van der Waals surface area contributed by atoms with Crippen LogP contribution < -0.4 is 5.73 Å². The average molecular weight is 276 g/mol. The highest BCUT2D eigenvalue weighted by molar-refractivity contribution is 7.15. The van der Waals surface area contributed by atoms with E-state index in [1.54, 1.807) is 6.20 Å². The summed E-state index contributed by atoms with van der Waals surface area (Å²) >= 11 is 7.48. The van der Waals surface area contributed by atoms with Crippen LogP contribution in [-0.2, 0) is 4.74 Å². The third kappa shape index (κ3) is 2.98. The van der Waals surface area contributed by atoms with E-state index in [2.05, 4.69) is 16.8 Å². The second-order valence-electron chi connectivity index (χ2n) is 4.13. The molecule has 0 saturated carbocycles. The van der Waals surface area contributed by atoms with Gasteiger partial charge in [0.2, 0.25) is 0 Å². The maximum atomic E-state index is 5.96. The molecule has 2 unspecified atom stereocenters. The Hall–Kier alpha value is -0.200. The smallest absolute Gasteiger partial charge is 0.114 e. The van der Waals surface area contributed by atoms with Gasteiger partial charge in [-0.2, -0.15) is 0 Å². The van der Waals surface area contributed by atoms with Crippen molar-refractivity contribution in [3.63, 3.8) is 0 Å². The van der Waals surface area contributed by atoms with E-state index in [0.717, 1.165) is 35.5 Å². The quantitative estimate of drug-likeness (QED) is 0.912. The van der Waals surface area contributed by atoms with Crippen molar-refractivity contribution in [2.45, 2.75) is 25.5 Å². The molecule has 1 aromatic rings. The second-order valence-corrected chi connectivity index (χ2v) is 5.82. The van der Waals surface area contributed by atoms with Gasteiger partial charge in [-0.25, -0.2) is 4.98 Å². The Morgan fingerprint density at radius 2 is 2.53 bits per heavy atom. The summed E-state index contributed by atoms with van der Waals surface area (Å²) < 4.78 is 6.46. The maximum absolute atomic E-state index is 5.96. The van der Waals surface area contributed by atoms with Crippen LogP contribution in [0, 0.1) is 0 Å². The molecule has 2 rings (SSSR count). The largest absolute Gasteiger partial charge is 0.373 e. The number of hydrogen-bond donors (Lipinski definition) is 1. The molecule has 2 N–H and O–H groups in total. The lowest BCUT2D eigenvalue weighted by Crippen LogP contribution is -2.48. The normalized spacial score (nSPS) is 26.3. The van der Waals surface area contributed by atoms with Gasteiger partial charge in [-0.15, -0.1) is 11.3 Å². The molecule has 6 heteroatoms. The van der Waals surface area contributed by atoms with Gasteiger partial charge in [-0.3, -0.25) is 4.90 Å². The van der Waals surface area contributed by atoms with Crippen molar-refractivity contribution in [2.24, 2.45) is 5.73 Å². The molecule has 17 heavy (non-hydrogen) atoms. The number of morpholine rings is 1. The Labute approximate surface area is 111 Å². The van der Waals surface area contributed by atoms with Crippen molar-refractivity contribution in [1.29, 1.82) is 0 Å². The van der Waals surface area contributed by atoms with Crippen LogP contribution in [0.1, 0.15) is 24.4 Å². The van der Waals surface area contributed by atoms with Gasteiger partial charge in [0.05, 0.1) is 24.9 Å². The predicted octanol–water partition coefficient (Wildman–Crippen LogP) is 1.91. The van der Waals surface area contributed by atoms with Gasteiger partial charge in [0.1, 0.15) is 9.34 Å². The van der Waals surface area contributed by atoms with E-state index in [1.165, 1.54) is 11.3 Å². The molecule has 0 spiro atoms. The molecule has 0 amide bonds. The summed E-state index contributed by atoms with van der Waals surface area (Å²) in [6, 6.07) is 0.159. The molecule has 0 aliphatic carbocycles. The molecule has 1 aliphatic heterocycles. The van der Waals surface area contributed by atoms with Crippen molar-refractivity contribution in [2.75, 3.05) is 26.2 Å². The van der Waals surface area contributed by atoms with Crippen LogP contribution in [0.25, 0.3) is 0 Å². The number of hydrogen-bond acceptors (Lipinski definition) is 5. The highest BCUT2D eigenvalue weighted by Gasteiger charge is 2.34. The van der Waals surface area contributed by atoms with Crippen molar-refractivity contribution in [3.05, 3.63) is 15.5 Å². The van der Waals surface area contributed by atoms with Gasteiger partial charge in [-0.05, 0) is 13.0 Å². The van der Waals surface area contributed by atoms with E-state index in [1.807, 2.05) is 0 Å². The van der Waals surface area contributed by atoms with E-state index in [4.69, 9.17) is 22.1 Å². The first-order valence-electron chi connectivity index (χ1n) is 5.93. The number of aromatic nitrogens is 1. The van der Waals surface area contributed by atoms with Crippen molar-refractivity contribution < 1.29 is 4.74 Å². The fourth-order valence-electron chi connectivity index (χ4n) is 2.24. The number of nitrogens with two attached hydrogens (primary N) is 1. The summed E-state index contributed by atoms with van der Waals surface area (Å²) in [7, 11) is 0. The Balaban J connectivity index is 2.21. The zero-order valence-corrected chi connectivity index (χ0v) is 11.5. The topological polar surface area (TPSA) is 51.4 Å². The summed E-state index contributed by atoms with van der Waals surface area (Å²) in [5.41, 5.74) is 5.79. The van der Waals surface area contributed by atoms with Crippen LogP contribution >= 0.6 is 22.9 Å². The molecule has 2 atom stereocenters. The molecule has 1 aromatic heterocycles. The van der Waals surface area contributed by atoms with Crippen LogP contribution in [0.2, 0.25) is 4.34 Å². The van der Waals surface area contributed by atoms with Crippen molar-refractivity contribution in [3.8, 4) is 0 Å². The minimum atomic E-state index is 0.0255. The molecule has 0 aromatic carbocycles. The average Bonchev–Trinajstić information content (AvgIpc) is 2.75. The van der Waals surface area contributed by atoms with Crippen molar-refractivity contribution >= 4 is 22.9 Å². The zero-order chi connectivity index (χ0) is 12.3. The van der Waals surface area contributed by atoms with Gasteiger partial charge in [0, 0.05) is 13.1 Å². The van der Waals surface area contributed by atoms with E-state index < -0.39 is 0 Å². The summed E-state index contributed by atoms with van der Waals surface area (Å²) in [5.74, 6) is 0. The Kier molecular flexibility index (Phi) is 4.76. The minimum Gasteiger partial charge on any atom is -0.373 e. The number of nitrogens with zero attached hydrogens (tertiary/aromatic N) is 2. The molecular weight excluding hydrogens is 258 g/mol. The van der Waals surface area contributed by atoms with Crippen LogP contribution in [-0.4, -0.2) is 42.2 Å². The number of rotatable bonds is 4.